The Kier molecular flexibility index (Phi) is 3.88. The Hall–Kier alpha value is -1.53. The maximum absolute atomic E-state index is 13.0. The second-order valence-electron chi connectivity index (χ2n) is 4.09. The van der Waals surface area contributed by atoms with Gasteiger partial charge in [-0.1, -0.05) is 6.07 Å². The van der Waals surface area contributed by atoms with Crippen molar-refractivity contribution in [3.05, 3.63) is 46.5 Å². The lowest BCUT2D eigenvalue weighted by atomic mass is 10.2. The number of hydrogen-bond acceptors (Lipinski definition) is 4. The molecule has 0 radical (unpaired) electrons. The highest BCUT2D eigenvalue weighted by Crippen LogP contribution is 2.17. The van der Waals surface area contributed by atoms with Gasteiger partial charge in [-0.3, -0.25) is 4.90 Å². The molecule has 0 atom stereocenters. The summed E-state index contributed by atoms with van der Waals surface area (Å²) in [6.45, 7) is 1.21. The predicted molar refractivity (Wildman–Crippen MR) is 68.1 cm³/mol. The van der Waals surface area contributed by atoms with Crippen molar-refractivity contribution < 1.29 is 8.78 Å². The number of nitrogen functional groups attached to an aromatic ring is 1. The standard InChI is InChI=1S/C12H13F2N3S/c1-17(7-9-5-16-12(15)18-9)6-8-2-3-10(13)11(14)4-8/h2-5H,6-7H2,1H3,(H2,15,16). The number of anilines is 1. The average molecular weight is 269 g/mol. The Morgan fingerprint density at radius 1 is 1.28 bits per heavy atom. The summed E-state index contributed by atoms with van der Waals surface area (Å²) in [5.41, 5.74) is 6.27. The first kappa shape index (κ1) is 12.9. The van der Waals surface area contributed by atoms with Gasteiger partial charge >= 0.3 is 0 Å². The summed E-state index contributed by atoms with van der Waals surface area (Å²) in [6, 6.07) is 3.94. The van der Waals surface area contributed by atoms with E-state index >= 15 is 0 Å². The van der Waals surface area contributed by atoms with Gasteiger partial charge < -0.3 is 5.73 Å². The van der Waals surface area contributed by atoms with Crippen LogP contribution in [0, 0.1) is 11.6 Å². The van der Waals surface area contributed by atoms with E-state index in [1.54, 1.807) is 12.3 Å². The molecule has 0 aliphatic carbocycles. The second-order valence-corrected chi connectivity index (χ2v) is 5.23. The third kappa shape index (κ3) is 3.24. The van der Waals surface area contributed by atoms with Gasteiger partial charge in [0.05, 0.1) is 0 Å². The van der Waals surface area contributed by atoms with E-state index in [9.17, 15) is 8.78 Å². The molecule has 96 valence electrons. The molecule has 2 aromatic rings. The van der Waals surface area contributed by atoms with Gasteiger partial charge in [-0.15, -0.1) is 11.3 Å². The van der Waals surface area contributed by atoms with Crippen LogP contribution in [0.1, 0.15) is 10.4 Å². The summed E-state index contributed by atoms with van der Waals surface area (Å²) in [6.07, 6.45) is 1.72. The lowest BCUT2D eigenvalue weighted by Crippen LogP contribution is -2.16. The van der Waals surface area contributed by atoms with E-state index in [1.165, 1.54) is 17.4 Å². The van der Waals surface area contributed by atoms with Gasteiger partial charge in [-0.2, -0.15) is 0 Å². The summed E-state index contributed by atoms with van der Waals surface area (Å²) in [5, 5.41) is 0.534. The monoisotopic (exact) mass is 269 g/mol. The van der Waals surface area contributed by atoms with Crippen LogP contribution in [0.25, 0.3) is 0 Å². The number of aromatic nitrogens is 1. The maximum Gasteiger partial charge on any atom is 0.180 e. The van der Waals surface area contributed by atoms with Gasteiger partial charge in [0.2, 0.25) is 0 Å². The fourth-order valence-electron chi connectivity index (χ4n) is 1.67. The topological polar surface area (TPSA) is 42.2 Å². The second kappa shape index (κ2) is 5.41. The summed E-state index contributed by atoms with van der Waals surface area (Å²) in [4.78, 5) is 6.99. The molecule has 0 bridgehead atoms. The van der Waals surface area contributed by atoms with E-state index in [0.29, 0.717) is 18.2 Å². The number of hydrogen-bond donors (Lipinski definition) is 1. The van der Waals surface area contributed by atoms with E-state index in [4.69, 9.17) is 5.73 Å². The summed E-state index contributed by atoms with van der Waals surface area (Å²) in [5.74, 6) is -1.64. The smallest absolute Gasteiger partial charge is 0.180 e. The van der Waals surface area contributed by atoms with E-state index in [1.807, 2.05) is 11.9 Å². The molecular weight excluding hydrogens is 256 g/mol. The number of rotatable bonds is 4. The van der Waals surface area contributed by atoms with Crippen molar-refractivity contribution in [3.63, 3.8) is 0 Å². The number of nitrogens with zero attached hydrogens (tertiary/aromatic N) is 2. The van der Waals surface area contributed by atoms with Gasteiger partial charge in [-0.05, 0) is 24.7 Å². The molecule has 0 aliphatic heterocycles. The average Bonchev–Trinajstić information content (AvgIpc) is 2.69. The number of nitrogens with two attached hydrogens (primary N) is 1. The van der Waals surface area contributed by atoms with Gasteiger partial charge in [0.1, 0.15) is 0 Å². The first-order valence-electron chi connectivity index (χ1n) is 5.37. The van der Waals surface area contributed by atoms with Crippen LogP contribution >= 0.6 is 11.3 Å². The largest absolute Gasteiger partial charge is 0.375 e. The summed E-state index contributed by atoms with van der Waals surface area (Å²) >= 11 is 1.42. The minimum Gasteiger partial charge on any atom is -0.375 e. The molecule has 0 saturated heterocycles. The first-order valence-corrected chi connectivity index (χ1v) is 6.19. The van der Waals surface area contributed by atoms with Crippen LogP contribution in [0.3, 0.4) is 0 Å². The molecule has 2 N–H and O–H groups in total. The van der Waals surface area contributed by atoms with Gasteiger partial charge in [-0.25, -0.2) is 13.8 Å². The van der Waals surface area contributed by atoms with Crippen molar-refractivity contribution in [2.24, 2.45) is 0 Å². The van der Waals surface area contributed by atoms with Crippen LogP contribution in [0.2, 0.25) is 0 Å². The van der Waals surface area contributed by atoms with Crippen molar-refractivity contribution in [1.82, 2.24) is 9.88 Å². The van der Waals surface area contributed by atoms with Crippen molar-refractivity contribution in [1.29, 1.82) is 0 Å². The molecule has 18 heavy (non-hydrogen) atoms. The van der Waals surface area contributed by atoms with Crippen LogP contribution in [-0.2, 0) is 13.1 Å². The van der Waals surface area contributed by atoms with E-state index in [2.05, 4.69) is 4.98 Å². The molecule has 0 saturated carbocycles. The zero-order chi connectivity index (χ0) is 13.1. The van der Waals surface area contributed by atoms with Gasteiger partial charge in [0.15, 0.2) is 16.8 Å². The third-order valence-electron chi connectivity index (χ3n) is 2.43. The minimum absolute atomic E-state index is 0.534. The highest BCUT2D eigenvalue weighted by atomic mass is 32.1. The van der Waals surface area contributed by atoms with E-state index < -0.39 is 11.6 Å². The Labute approximate surface area is 108 Å². The summed E-state index contributed by atoms with van der Waals surface area (Å²) < 4.78 is 25.8. The van der Waals surface area contributed by atoms with Crippen LogP contribution < -0.4 is 5.73 Å². The molecule has 0 fully saturated rings. The highest BCUT2D eigenvalue weighted by molar-refractivity contribution is 7.15. The summed E-state index contributed by atoms with van der Waals surface area (Å²) in [7, 11) is 1.90. The molecule has 1 heterocycles. The molecule has 3 nitrogen and oxygen atoms in total. The normalized spacial score (nSPS) is 11.1. The Bertz CT molecular complexity index is 542. The fraction of sp³-hybridized carbons (Fsp3) is 0.250. The molecule has 2 rings (SSSR count). The molecule has 0 spiro atoms. The Morgan fingerprint density at radius 2 is 2.06 bits per heavy atom. The lowest BCUT2D eigenvalue weighted by Gasteiger charge is -2.15. The molecule has 0 aliphatic rings. The predicted octanol–water partition coefficient (Wildman–Crippen LogP) is 2.64. The number of thiazole rings is 1. The van der Waals surface area contributed by atoms with Crippen LogP contribution in [0.15, 0.2) is 24.4 Å². The van der Waals surface area contributed by atoms with Crippen molar-refractivity contribution in [3.8, 4) is 0 Å². The van der Waals surface area contributed by atoms with E-state index in [-0.39, 0.29) is 0 Å². The maximum atomic E-state index is 13.0. The van der Waals surface area contributed by atoms with Gasteiger partial charge in [0.25, 0.3) is 0 Å². The zero-order valence-corrected chi connectivity index (χ0v) is 10.7. The van der Waals surface area contributed by atoms with Crippen molar-refractivity contribution in [2.45, 2.75) is 13.1 Å². The van der Waals surface area contributed by atoms with Gasteiger partial charge in [0, 0.05) is 24.2 Å². The van der Waals surface area contributed by atoms with Crippen LogP contribution in [0.4, 0.5) is 13.9 Å². The highest BCUT2D eigenvalue weighted by Gasteiger charge is 2.07. The molecule has 0 amide bonds. The molecule has 1 aromatic heterocycles. The molecule has 6 heteroatoms. The molecular formula is C12H13F2N3S. The third-order valence-corrected chi connectivity index (χ3v) is 3.24. The first-order chi connectivity index (χ1) is 8.54. The zero-order valence-electron chi connectivity index (χ0n) is 9.86. The number of halogens is 2. The Balaban J connectivity index is 1.98. The van der Waals surface area contributed by atoms with Crippen molar-refractivity contribution in [2.75, 3.05) is 12.8 Å². The fourth-order valence-corrected chi connectivity index (χ4v) is 2.43. The number of benzene rings is 1. The molecule has 1 aromatic carbocycles. The lowest BCUT2D eigenvalue weighted by molar-refractivity contribution is 0.321. The minimum atomic E-state index is -0.823. The Morgan fingerprint density at radius 3 is 2.67 bits per heavy atom. The van der Waals surface area contributed by atoms with Crippen LogP contribution in [-0.4, -0.2) is 16.9 Å². The quantitative estimate of drug-likeness (QED) is 0.927. The van der Waals surface area contributed by atoms with Crippen LogP contribution in [0.5, 0.6) is 0 Å². The SMILES string of the molecule is CN(Cc1ccc(F)c(F)c1)Cc1cnc(N)s1. The van der Waals surface area contributed by atoms with Crippen molar-refractivity contribution >= 4 is 16.5 Å². The van der Waals surface area contributed by atoms with E-state index in [0.717, 1.165) is 16.5 Å². The molecule has 0 unspecified atom stereocenters.